The highest BCUT2D eigenvalue weighted by molar-refractivity contribution is 7.99. The average molecular weight is 266 g/mol. The van der Waals surface area contributed by atoms with E-state index in [4.69, 9.17) is 10.2 Å². The van der Waals surface area contributed by atoms with Crippen molar-refractivity contribution in [1.82, 2.24) is 0 Å². The third-order valence-corrected chi connectivity index (χ3v) is 3.74. The molecule has 98 valence electrons. The molecule has 0 aliphatic rings. The Labute approximate surface area is 112 Å². The summed E-state index contributed by atoms with van der Waals surface area (Å²) in [6.07, 6.45) is 3.53. The Morgan fingerprint density at radius 1 is 1.50 bits per heavy atom. The molecule has 0 aromatic heterocycles. The lowest BCUT2D eigenvalue weighted by Gasteiger charge is -2.09. The highest BCUT2D eigenvalue weighted by atomic mass is 32.2. The molecule has 3 nitrogen and oxygen atoms in total. The first-order valence-electron chi connectivity index (χ1n) is 5.84. The minimum absolute atomic E-state index is 0.218. The van der Waals surface area contributed by atoms with Crippen molar-refractivity contribution in [2.75, 3.05) is 6.61 Å². The van der Waals surface area contributed by atoms with Crippen LogP contribution in [0.4, 0.5) is 0 Å². The molecule has 0 amide bonds. The summed E-state index contributed by atoms with van der Waals surface area (Å²) in [4.78, 5) is 10.4. The van der Waals surface area contributed by atoms with Crippen LogP contribution in [0.3, 0.4) is 0 Å². The van der Waals surface area contributed by atoms with Gasteiger partial charge >= 0.3 is 5.97 Å². The van der Waals surface area contributed by atoms with Gasteiger partial charge in [-0.2, -0.15) is 11.8 Å². The van der Waals surface area contributed by atoms with Gasteiger partial charge in [0.15, 0.2) is 0 Å². The number of rotatable bonds is 7. The van der Waals surface area contributed by atoms with Gasteiger partial charge < -0.3 is 10.2 Å². The number of aliphatic carboxylic acids is 1. The van der Waals surface area contributed by atoms with Crippen LogP contribution in [-0.2, 0) is 10.5 Å². The molecule has 18 heavy (non-hydrogen) atoms. The summed E-state index contributed by atoms with van der Waals surface area (Å²) < 4.78 is 0. The zero-order chi connectivity index (χ0) is 13.4. The van der Waals surface area contributed by atoms with Crippen LogP contribution in [0.15, 0.2) is 30.3 Å². The summed E-state index contributed by atoms with van der Waals surface area (Å²) in [6.45, 7) is 2.31. The molecule has 0 saturated heterocycles. The van der Waals surface area contributed by atoms with Crippen molar-refractivity contribution in [1.29, 1.82) is 0 Å². The Balaban J connectivity index is 2.56. The van der Waals surface area contributed by atoms with Crippen molar-refractivity contribution in [3.05, 3.63) is 41.5 Å². The number of thioether (sulfide) groups is 1. The molecule has 0 radical (unpaired) electrons. The lowest BCUT2D eigenvalue weighted by atomic mass is 10.1. The van der Waals surface area contributed by atoms with E-state index in [0.717, 1.165) is 29.4 Å². The SMILES string of the molecule is CC(CCO)SCc1cccc(C=CC(=O)O)c1. The molecule has 0 saturated carbocycles. The minimum Gasteiger partial charge on any atom is -0.478 e. The predicted octanol–water partition coefficient (Wildman–Crippen LogP) is 2.79. The first kappa shape index (κ1) is 14.8. The van der Waals surface area contributed by atoms with Crippen molar-refractivity contribution in [3.63, 3.8) is 0 Å². The maximum absolute atomic E-state index is 10.4. The van der Waals surface area contributed by atoms with Crippen LogP contribution in [0.1, 0.15) is 24.5 Å². The van der Waals surface area contributed by atoms with E-state index in [0.29, 0.717) is 5.25 Å². The number of carbonyl (C=O) groups is 1. The van der Waals surface area contributed by atoms with Crippen LogP contribution < -0.4 is 0 Å². The van der Waals surface area contributed by atoms with Crippen LogP contribution in [0.25, 0.3) is 6.08 Å². The smallest absolute Gasteiger partial charge is 0.328 e. The van der Waals surface area contributed by atoms with Crippen LogP contribution >= 0.6 is 11.8 Å². The van der Waals surface area contributed by atoms with E-state index < -0.39 is 5.97 Å². The first-order chi connectivity index (χ1) is 8.61. The number of aliphatic hydroxyl groups is 1. The van der Waals surface area contributed by atoms with Crippen LogP contribution in [0.5, 0.6) is 0 Å². The van der Waals surface area contributed by atoms with Gasteiger partial charge in [-0.3, -0.25) is 0 Å². The summed E-state index contributed by atoms with van der Waals surface area (Å²) in [7, 11) is 0. The number of benzene rings is 1. The second kappa shape index (κ2) is 7.95. The van der Waals surface area contributed by atoms with Gasteiger partial charge in [-0.1, -0.05) is 31.2 Å². The molecule has 0 spiro atoms. The topological polar surface area (TPSA) is 57.5 Å². The fraction of sp³-hybridized carbons (Fsp3) is 0.357. The first-order valence-corrected chi connectivity index (χ1v) is 6.89. The van der Waals surface area contributed by atoms with E-state index in [1.807, 2.05) is 24.3 Å². The highest BCUT2D eigenvalue weighted by Gasteiger charge is 2.02. The fourth-order valence-electron chi connectivity index (χ4n) is 1.46. The number of carboxylic acid groups (broad SMARTS) is 1. The van der Waals surface area contributed by atoms with Gasteiger partial charge in [-0.15, -0.1) is 0 Å². The van der Waals surface area contributed by atoms with Gasteiger partial charge in [0.2, 0.25) is 0 Å². The molecular formula is C14H18O3S. The third kappa shape index (κ3) is 5.89. The molecule has 1 aromatic rings. The summed E-state index contributed by atoms with van der Waals surface area (Å²) in [5.74, 6) is -0.0676. The Hall–Kier alpha value is -1.26. The fourth-order valence-corrected chi connectivity index (χ4v) is 2.39. The zero-order valence-electron chi connectivity index (χ0n) is 10.4. The van der Waals surface area contributed by atoms with Crippen LogP contribution in [0, 0.1) is 0 Å². The molecule has 0 aliphatic heterocycles. The van der Waals surface area contributed by atoms with E-state index in [1.54, 1.807) is 17.8 Å². The maximum atomic E-state index is 10.4. The molecule has 1 atom stereocenters. The summed E-state index contributed by atoms with van der Waals surface area (Å²) >= 11 is 1.79. The molecule has 1 unspecified atom stereocenters. The molecule has 4 heteroatoms. The number of hydrogen-bond donors (Lipinski definition) is 2. The monoisotopic (exact) mass is 266 g/mol. The minimum atomic E-state index is -0.939. The number of aliphatic hydroxyl groups excluding tert-OH is 1. The Morgan fingerprint density at radius 2 is 2.28 bits per heavy atom. The van der Waals surface area contributed by atoms with E-state index in [1.165, 1.54) is 0 Å². The Bertz CT molecular complexity index is 415. The normalized spacial score (nSPS) is 12.8. The van der Waals surface area contributed by atoms with Gasteiger partial charge in [0, 0.05) is 23.7 Å². The summed E-state index contributed by atoms with van der Waals surface area (Å²) in [5, 5.41) is 17.8. The molecule has 0 fully saturated rings. The molecular weight excluding hydrogens is 248 g/mol. The standard InChI is InChI=1S/C14H18O3S/c1-11(7-8-15)18-10-13-4-2-3-12(9-13)5-6-14(16)17/h2-6,9,11,15H,7-8,10H2,1H3,(H,16,17). The summed E-state index contributed by atoms with van der Waals surface area (Å²) in [5.41, 5.74) is 2.06. The number of hydrogen-bond acceptors (Lipinski definition) is 3. The quantitative estimate of drug-likeness (QED) is 0.745. The largest absolute Gasteiger partial charge is 0.478 e. The molecule has 2 N–H and O–H groups in total. The van der Waals surface area contributed by atoms with Gasteiger partial charge in [0.25, 0.3) is 0 Å². The average Bonchev–Trinajstić information content (AvgIpc) is 2.35. The van der Waals surface area contributed by atoms with Crippen molar-refractivity contribution >= 4 is 23.8 Å². The third-order valence-electron chi connectivity index (χ3n) is 2.44. The van der Waals surface area contributed by atoms with Crippen molar-refractivity contribution < 1.29 is 15.0 Å². The van der Waals surface area contributed by atoms with Crippen molar-refractivity contribution in [2.45, 2.75) is 24.3 Å². The molecule has 0 aliphatic carbocycles. The van der Waals surface area contributed by atoms with E-state index in [2.05, 4.69) is 6.92 Å². The second-order valence-electron chi connectivity index (χ2n) is 4.05. The van der Waals surface area contributed by atoms with Crippen LogP contribution in [0.2, 0.25) is 0 Å². The predicted molar refractivity (Wildman–Crippen MR) is 75.6 cm³/mol. The van der Waals surface area contributed by atoms with Gasteiger partial charge in [0.1, 0.15) is 0 Å². The lowest BCUT2D eigenvalue weighted by Crippen LogP contribution is -1.99. The second-order valence-corrected chi connectivity index (χ2v) is 5.48. The van der Waals surface area contributed by atoms with Gasteiger partial charge in [-0.25, -0.2) is 4.79 Å². The highest BCUT2D eigenvalue weighted by Crippen LogP contribution is 2.20. The number of carboxylic acids is 1. The maximum Gasteiger partial charge on any atom is 0.328 e. The van der Waals surface area contributed by atoms with E-state index >= 15 is 0 Å². The Morgan fingerprint density at radius 3 is 2.94 bits per heavy atom. The van der Waals surface area contributed by atoms with Gasteiger partial charge in [0.05, 0.1) is 0 Å². The van der Waals surface area contributed by atoms with Crippen molar-refractivity contribution in [3.8, 4) is 0 Å². The van der Waals surface area contributed by atoms with E-state index in [9.17, 15) is 4.79 Å². The lowest BCUT2D eigenvalue weighted by molar-refractivity contribution is -0.131. The molecule has 0 heterocycles. The molecule has 0 bridgehead atoms. The molecule has 1 aromatic carbocycles. The summed E-state index contributed by atoms with van der Waals surface area (Å²) in [6, 6.07) is 7.81. The zero-order valence-corrected chi connectivity index (χ0v) is 11.2. The van der Waals surface area contributed by atoms with Gasteiger partial charge in [-0.05, 0) is 23.6 Å². The van der Waals surface area contributed by atoms with Crippen LogP contribution in [-0.4, -0.2) is 28.0 Å². The van der Waals surface area contributed by atoms with E-state index in [-0.39, 0.29) is 6.61 Å². The van der Waals surface area contributed by atoms with Crippen molar-refractivity contribution in [2.24, 2.45) is 0 Å². The Kier molecular flexibility index (Phi) is 6.54. The molecule has 1 rings (SSSR count).